The minimum absolute atomic E-state index is 0.643. The zero-order valence-corrected chi connectivity index (χ0v) is 11.5. The topological polar surface area (TPSA) is 41.6 Å². The van der Waals surface area contributed by atoms with Crippen LogP contribution in [0.5, 0.6) is 0 Å². The summed E-state index contributed by atoms with van der Waals surface area (Å²) < 4.78 is 1.09. The van der Waals surface area contributed by atoms with E-state index in [1.54, 1.807) is 0 Å². The van der Waals surface area contributed by atoms with Crippen molar-refractivity contribution in [1.82, 2.24) is 4.90 Å². The van der Waals surface area contributed by atoms with Crippen LogP contribution >= 0.6 is 15.9 Å². The number of likely N-dealkylation sites (tertiary alicyclic amines) is 1. The highest BCUT2D eigenvalue weighted by Gasteiger charge is 2.11. The molecule has 1 aliphatic heterocycles. The largest absolute Gasteiger partial charge is 0.370 e. The summed E-state index contributed by atoms with van der Waals surface area (Å²) in [4.78, 5) is 6.65. The van der Waals surface area contributed by atoms with Crippen molar-refractivity contribution in [2.75, 3.05) is 13.1 Å². The molecular weight excluding hydrogens is 278 g/mol. The van der Waals surface area contributed by atoms with Gasteiger partial charge in [0.15, 0.2) is 5.96 Å². The lowest BCUT2D eigenvalue weighted by atomic mass is 10.1. The predicted octanol–water partition coefficient (Wildman–Crippen LogP) is 2.75. The third kappa shape index (κ3) is 3.46. The highest BCUT2D eigenvalue weighted by Crippen LogP contribution is 2.17. The first kappa shape index (κ1) is 12.4. The van der Waals surface area contributed by atoms with Crippen LogP contribution in [0.4, 0.5) is 0 Å². The molecule has 0 spiro atoms. The highest BCUT2D eigenvalue weighted by molar-refractivity contribution is 9.10. The lowest BCUT2D eigenvalue weighted by molar-refractivity contribution is 0.338. The van der Waals surface area contributed by atoms with Gasteiger partial charge in [0, 0.05) is 17.6 Å². The van der Waals surface area contributed by atoms with E-state index in [1.807, 2.05) is 18.2 Å². The lowest BCUT2D eigenvalue weighted by Gasteiger charge is -2.27. The number of nitrogens with zero attached hydrogens (tertiary/aromatic N) is 2. The van der Waals surface area contributed by atoms with Crippen LogP contribution in [-0.4, -0.2) is 23.9 Å². The van der Waals surface area contributed by atoms with Gasteiger partial charge in [-0.15, -0.1) is 0 Å². The van der Waals surface area contributed by atoms with Crippen molar-refractivity contribution in [3.8, 4) is 0 Å². The van der Waals surface area contributed by atoms with Crippen LogP contribution in [0.15, 0.2) is 33.7 Å². The number of rotatable bonds is 2. The summed E-state index contributed by atoms with van der Waals surface area (Å²) in [5.74, 6) is 0.681. The van der Waals surface area contributed by atoms with Crippen molar-refractivity contribution in [2.24, 2.45) is 10.7 Å². The molecule has 0 unspecified atom stereocenters. The molecule has 0 radical (unpaired) electrons. The number of hydrogen-bond acceptors (Lipinski definition) is 1. The lowest BCUT2D eigenvalue weighted by Crippen LogP contribution is -2.40. The second-order valence-electron chi connectivity index (χ2n) is 4.31. The first-order valence-electron chi connectivity index (χ1n) is 6.05. The molecule has 1 saturated heterocycles. The van der Waals surface area contributed by atoms with Gasteiger partial charge in [-0.2, -0.15) is 0 Å². The average Bonchev–Trinajstić information content (AvgIpc) is 2.38. The third-order valence-corrected chi connectivity index (χ3v) is 3.82. The summed E-state index contributed by atoms with van der Waals surface area (Å²) in [5.41, 5.74) is 7.18. The molecule has 4 heteroatoms. The zero-order valence-electron chi connectivity index (χ0n) is 9.90. The third-order valence-electron chi connectivity index (χ3n) is 3.05. The molecule has 1 aromatic carbocycles. The molecule has 0 amide bonds. The Morgan fingerprint density at radius 2 is 1.94 bits per heavy atom. The van der Waals surface area contributed by atoms with Crippen LogP contribution < -0.4 is 5.73 Å². The van der Waals surface area contributed by atoms with Gasteiger partial charge < -0.3 is 10.6 Å². The maximum atomic E-state index is 6.01. The Morgan fingerprint density at radius 3 is 2.65 bits per heavy atom. The van der Waals surface area contributed by atoms with Gasteiger partial charge in [0.25, 0.3) is 0 Å². The molecule has 0 aliphatic carbocycles. The van der Waals surface area contributed by atoms with E-state index in [0.717, 1.165) is 17.6 Å². The number of benzene rings is 1. The van der Waals surface area contributed by atoms with Crippen molar-refractivity contribution >= 4 is 21.9 Å². The van der Waals surface area contributed by atoms with E-state index in [-0.39, 0.29) is 0 Å². The first-order valence-corrected chi connectivity index (χ1v) is 6.85. The smallest absolute Gasteiger partial charge is 0.191 e. The fraction of sp³-hybridized carbons (Fsp3) is 0.462. The molecule has 2 N–H and O–H groups in total. The highest BCUT2D eigenvalue weighted by atomic mass is 79.9. The second kappa shape index (κ2) is 6.05. The Bertz CT molecular complexity index is 397. The molecule has 1 fully saturated rings. The molecule has 17 heavy (non-hydrogen) atoms. The Morgan fingerprint density at radius 1 is 1.24 bits per heavy atom. The van der Waals surface area contributed by atoms with E-state index in [2.05, 4.69) is 31.9 Å². The zero-order chi connectivity index (χ0) is 12.1. The number of piperidine rings is 1. The summed E-state index contributed by atoms with van der Waals surface area (Å²) in [6.45, 7) is 2.74. The molecule has 0 bridgehead atoms. The molecule has 1 aromatic rings. The fourth-order valence-corrected chi connectivity index (χ4v) is 2.43. The summed E-state index contributed by atoms with van der Waals surface area (Å²) in [7, 11) is 0. The minimum atomic E-state index is 0.643. The van der Waals surface area contributed by atoms with Gasteiger partial charge in [-0.25, -0.2) is 4.99 Å². The molecule has 1 heterocycles. The Kier molecular flexibility index (Phi) is 4.42. The van der Waals surface area contributed by atoms with Crippen molar-refractivity contribution in [3.63, 3.8) is 0 Å². The Labute approximate surface area is 111 Å². The van der Waals surface area contributed by atoms with Crippen molar-refractivity contribution in [3.05, 3.63) is 34.3 Å². The number of aliphatic imine (C=N–C) groups is 1. The van der Waals surface area contributed by atoms with E-state index in [1.165, 1.54) is 24.8 Å². The summed E-state index contributed by atoms with van der Waals surface area (Å²) in [5, 5.41) is 0. The predicted molar refractivity (Wildman–Crippen MR) is 74.9 cm³/mol. The number of nitrogens with two attached hydrogens (primary N) is 1. The quantitative estimate of drug-likeness (QED) is 0.673. The standard InChI is InChI=1S/C13H18BrN3/c14-12-7-3-2-6-11(12)10-16-13(15)17-8-4-1-5-9-17/h2-3,6-7H,1,4-5,8-10H2,(H2,15,16). The number of halogens is 1. The summed E-state index contributed by atoms with van der Waals surface area (Å²) in [6, 6.07) is 8.12. The van der Waals surface area contributed by atoms with E-state index in [0.29, 0.717) is 12.5 Å². The Balaban J connectivity index is 1.97. The minimum Gasteiger partial charge on any atom is -0.370 e. The Hall–Kier alpha value is -1.03. The first-order chi connectivity index (χ1) is 8.27. The molecule has 0 atom stereocenters. The molecule has 3 nitrogen and oxygen atoms in total. The van der Waals surface area contributed by atoms with Crippen LogP contribution in [0.1, 0.15) is 24.8 Å². The van der Waals surface area contributed by atoms with Crippen LogP contribution in [-0.2, 0) is 6.54 Å². The van der Waals surface area contributed by atoms with Crippen LogP contribution in [0, 0.1) is 0 Å². The number of guanidine groups is 1. The van der Waals surface area contributed by atoms with Gasteiger partial charge in [0.2, 0.25) is 0 Å². The SMILES string of the molecule is NC(=NCc1ccccc1Br)N1CCCCC1. The second-order valence-corrected chi connectivity index (χ2v) is 5.17. The summed E-state index contributed by atoms with van der Waals surface area (Å²) in [6.07, 6.45) is 3.77. The fourth-order valence-electron chi connectivity index (χ4n) is 2.02. The molecule has 2 rings (SSSR count). The van der Waals surface area contributed by atoms with Crippen LogP contribution in [0.3, 0.4) is 0 Å². The van der Waals surface area contributed by atoms with Gasteiger partial charge in [0.1, 0.15) is 0 Å². The van der Waals surface area contributed by atoms with Gasteiger partial charge >= 0.3 is 0 Å². The molecule has 1 aliphatic rings. The maximum absolute atomic E-state index is 6.01. The summed E-state index contributed by atoms with van der Waals surface area (Å²) >= 11 is 3.52. The normalized spacial score (nSPS) is 17.2. The molecular formula is C13H18BrN3. The van der Waals surface area contributed by atoms with E-state index >= 15 is 0 Å². The van der Waals surface area contributed by atoms with E-state index in [9.17, 15) is 0 Å². The van der Waals surface area contributed by atoms with Crippen LogP contribution in [0.25, 0.3) is 0 Å². The van der Waals surface area contributed by atoms with E-state index < -0.39 is 0 Å². The van der Waals surface area contributed by atoms with Crippen molar-refractivity contribution < 1.29 is 0 Å². The van der Waals surface area contributed by atoms with Gasteiger partial charge in [-0.3, -0.25) is 0 Å². The van der Waals surface area contributed by atoms with Crippen molar-refractivity contribution in [2.45, 2.75) is 25.8 Å². The molecule has 92 valence electrons. The van der Waals surface area contributed by atoms with Crippen LogP contribution in [0.2, 0.25) is 0 Å². The molecule has 0 saturated carbocycles. The monoisotopic (exact) mass is 295 g/mol. The molecule has 0 aromatic heterocycles. The van der Waals surface area contributed by atoms with Gasteiger partial charge in [0.05, 0.1) is 6.54 Å². The van der Waals surface area contributed by atoms with Gasteiger partial charge in [-0.05, 0) is 30.9 Å². The average molecular weight is 296 g/mol. The maximum Gasteiger partial charge on any atom is 0.191 e. The number of hydrogen-bond donors (Lipinski definition) is 1. The van der Waals surface area contributed by atoms with Gasteiger partial charge in [-0.1, -0.05) is 34.1 Å². The van der Waals surface area contributed by atoms with E-state index in [4.69, 9.17) is 5.73 Å². The van der Waals surface area contributed by atoms with Crippen molar-refractivity contribution in [1.29, 1.82) is 0 Å².